The summed E-state index contributed by atoms with van der Waals surface area (Å²) in [6.07, 6.45) is -0.626. The molecule has 0 saturated carbocycles. The van der Waals surface area contributed by atoms with Crippen LogP contribution in [0, 0.1) is 5.82 Å². The van der Waals surface area contributed by atoms with Crippen LogP contribution in [0.1, 0.15) is 32.4 Å². The van der Waals surface area contributed by atoms with E-state index in [1.165, 1.54) is 6.07 Å². The number of hydrogen-bond donors (Lipinski definition) is 1. The number of aliphatic hydroxyl groups is 1. The zero-order valence-electron chi connectivity index (χ0n) is 11.9. The van der Waals surface area contributed by atoms with Crippen molar-refractivity contribution in [1.29, 1.82) is 0 Å². The van der Waals surface area contributed by atoms with Gasteiger partial charge < -0.3 is 10.0 Å². The van der Waals surface area contributed by atoms with Gasteiger partial charge in [-0.05, 0) is 38.1 Å². The maximum Gasteiger partial charge on any atom is 0.146 e. The largest absolute Gasteiger partial charge is 0.389 e. The Morgan fingerprint density at radius 2 is 2.16 bits per heavy atom. The molecular weight excluding hydrogens is 243 g/mol. The van der Waals surface area contributed by atoms with Gasteiger partial charge in [0.15, 0.2) is 0 Å². The number of likely N-dealkylation sites (N-methyl/N-ethyl adjacent to an activating group) is 1. The van der Waals surface area contributed by atoms with Crippen LogP contribution in [0.2, 0.25) is 0 Å². The molecule has 0 radical (unpaired) electrons. The van der Waals surface area contributed by atoms with Crippen LogP contribution in [0.25, 0.3) is 0 Å². The van der Waals surface area contributed by atoms with Gasteiger partial charge in [0.1, 0.15) is 5.82 Å². The van der Waals surface area contributed by atoms with Crippen molar-refractivity contribution >= 4 is 5.69 Å². The second-order valence-electron chi connectivity index (χ2n) is 5.31. The van der Waals surface area contributed by atoms with Gasteiger partial charge in [-0.1, -0.05) is 13.0 Å². The van der Waals surface area contributed by atoms with E-state index in [-0.39, 0.29) is 5.82 Å². The number of anilines is 1. The molecule has 1 unspecified atom stereocenters. The van der Waals surface area contributed by atoms with Crippen LogP contribution in [0.5, 0.6) is 0 Å². The fourth-order valence-electron chi connectivity index (χ4n) is 2.72. The third-order valence-electron chi connectivity index (χ3n) is 3.97. The van der Waals surface area contributed by atoms with E-state index in [0.29, 0.717) is 17.3 Å². The lowest BCUT2D eigenvalue weighted by atomic mass is 10.1. The highest BCUT2D eigenvalue weighted by molar-refractivity contribution is 5.50. The highest BCUT2D eigenvalue weighted by Gasteiger charge is 2.24. The molecule has 1 aliphatic rings. The van der Waals surface area contributed by atoms with Crippen LogP contribution in [-0.4, -0.2) is 42.2 Å². The molecule has 2 rings (SSSR count). The smallest absolute Gasteiger partial charge is 0.146 e. The third kappa shape index (κ3) is 3.07. The fourth-order valence-corrected chi connectivity index (χ4v) is 2.72. The van der Waals surface area contributed by atoms with Crippen molar-refractivity contribution in [2.24, 2.45) is 0 Å². The molecule has 1 saturated heterocycles. The van der Waals surface area contributed by atoms with Gasteiger partial charge in [-0.2, -0.15) is 0 Å². The fraction of sp³-hybridized carbons (Fsp3) is 0.600. The number of benzene rings is 1. The molecule has 1 heterocycles. The molecule has 2 atom stereocenters. The Morgan fingerprint density at radius 1 is 1.42 bits per heavy atom. The minimum absolute atomic E-state index is 0.240. The van der Waals surface area contributed by atoms with Crippen LogP contribution in [0.4, 0.5) is 10.1 Å². The lowest BCUT2D eigenvalue weighted by molar-refractivity contribution is 0.197. The molecule has 0 aromatic heterocycles. The van der Waals surface area contributed by atoms with Gasteiger partial charge >= 0.3 is 0 Å². The van der Waals surface area contributed by atoms with E-state index in [2.05, 4.69) is 23.6 Å². The highest BCUT2D eigenvalue weighted by atomic mass is 19.1. The highest BCUT2D eigenvalue weighted by Crippen LogP contribution is 2.25. The maximum atomic E-state index is 14.1. The molecule has 0 amide bonds. The zero-order valence-corrected chi connectivity index (χ0v) is 11.9. The Morgan fingerprint density at radius 3 is 2.68 bits per heavy atom. The summed E-state index contributed by atoms with van der Waals surface area (Å²) in [4.78, 5) is 4.50. The Bertz CT molecular complexity index is 436. The van der Waals surface area contributed by atoms with Gasteiger partial charge in [0.25, 0.3) is 0 Å². The average Bonchev–Trinajstić information content (AvgIpc) is 2.38. The SMILES string of the molecule is CCN1CCN(c2ccc([C@H](C)O)cc2F)CC1C. The topological polar surface area (TPSA) is 26.7 Å². The first-order valence-electron chi connectivity index (χ1n) is 6.99. The summed E-state index contributed by atoms with van der Waals surface area (Å²) in [6.45, 7) is 9.69. The zero-order chi connectivity index (χ0) is 14.0. The van der Waals surface area contributed by atoms with Crippen molar-refractivity contribution in [3.05, 3.63) is 29.6 Å². The van der Waals surface area contributed by atoms with Crippen molar-refractivity contribution in [3.8, 4) is 0 Å². The molecule has 0 bridgehead atoms. The lowest BCUT2D eigenvalue weighted by Crippen LogP contribution is -2.51. The first-order valence-corrected chi connectivity index (χ1v) is 6.99. The van der Waals surface area contributed by atoms with Gasteiger partial charge in [-0.3, -0.25) is 4.90 Å². The van der Waals surface area contributed by atoms with Gasteiger partial charge in [0.2, 0.25) is 0 Å². The second kappa shape index (κ2) is 5.88. The Kier molecular flexibility index (Phi) is 4.42. The van der Waals surface area contributed by atoms with Crippen molar-refractivity contribution in [1.82, 2.24) is 4.90 Å². The third-order valence-corrected chi connectivity index (χ3v) is 3.97. The summed E-state index contributed by atoms with van der Waals surface area (Å²) >= 11 is 0. The summed E-state index contributed by atoms with van der Waals surface area (Å²) in [5.41, 5.74) is 1.27. The van der Waals surface area contributed by atoms with Crippen LogP contribution < -0.4 is 4.90 Å². The predicted octanol–water partition coefficient (Wildman–Crippen LogP) is 2.41. The normalized spacial score (nSPS) is 22.6. The van der Waals surface area contributed by atoms with Gasteiger partial charge in [0, 0.05) is 25.7 Å². The number of halogens is 1. The molecule has 1 fully saturated rings. The molecular formula is C15H23FN2O. The summed E-state index contributed by atoms with van der Waals surface area (Å²) < 4.78 is 14.1. The van der Waals surface area contributed by atoms with E-state index >= 15 is 0 Å². The average molecular weight is 266 g/mol. The second-order valence-corrected chi connectivity index (χ2v) is 5.31. The van der Waals surface area contributed by atoms with Crippen LogP contribution in [-0.2, 0) is 0 Å². The molecule has 0 spiro atoms. The van der Waals surface area contributed by atoms with E-state index in [1.54, 1.807) is 19.1 Å². The van der Waals surface area contributed by atoms with E-state index in [0.717, 1.165) is 26.2 Å². The summed E-state index contributed by atoms with van der Waals surface area (Å²) in [7, 11) is 0. The molecule has 4 heteroatoms. The maximum absolute atomic E-state index is 14.1. The molecule has 0 aliphatic carbocycles. The van der Waals surface area contributed by atoms with E-state index in [4.69, 9.17) is 0 Å². The summed E-state index contributed by atoms with van der Waals surface area (Å²) in [6, 6.07) is 5.47. The van der Waals surface area contributed by atoms with Crippen LogP contribution >= 0.6 is 0 Å². The van der Waals surface area contributed by atoms with E-state index in [1.807, 2.05) is 0 Å². The van der Waals surface area contributed by atoms with Crippen molar-refractivity contribution in [2.75, 3.05) is 31.1 Å². The monoisotopic (exact) mass is 266 g/mol. The molecule has 1 aromatic carbocycles. The van der Waals surface area contributed by atoms with Gasteiger partial charge in [-0.25, -0.2) is 4.39 Å². The summed E-state index contributed by atoms with van der Waals surface area (Å²) in [5.74, 6) is -0.240. The van der Waals surface area contributed by atoms with Gasteiger partial charge in [-0.15, -0.1) is 0 Å². The minimum Gasteiger partial charge on any atom is -0.389 e. The molecule has 106 valence electrons. The number of aliphatic hydroxyl groups excluding tert-OH is 1. The van der Waals surface area contributed by atoms with Crippen molar-refractivity contribution in [3.63, 3.8) is 0 Å². The quantitative estimate of drug-likeness (QED) is 0.910. The molecule has 1 aliphatic heterocycles. The van der Waals surface area contributed by atoms with E-state index in [9.17, 15) is 9.50 Å². The number of piperazine rings is 1. The molecule has 1 N–H and O–H groups in total. The Labute approximate surface area is 114 Å². The lowest BCUT2D eigenvalue weighted by Gasteiger charge is -2.40. The van der Waals surface area contributed by atoms with E-state index < -0.39 is 6.10 Å². The molecule has 3 nitrogen and oxygen atoms in total. The van der Waals surface area contributed by atoms with Crippen molar-refractivity contribution < 1.29 is 9.50 Å². The summed E-state index contributed by atoms with van der Waals surface area (Å²) in [5, 5.41) is 9.47. The minimum atomic E-state index is -0.626. The van der Waals surface area contributed by atoms with Gasteiger partial charge in [0.05, 0.1) is 11.8 Å². The molecule has 19 heavy (non-hydrogen) atoms. The van der Waals surface area contributed by atoms with Crippen LogP contribution in [0.3, 0.4) is 0 Å². The Hall–Kier alpha value is -1.13. The Balaban J connectivity index is 2.15. The van der Waals surface area contributed by atoms with Crippen LogP contribution in [0.15, 0.2) is 18.2 Å². The standard InChI is InChI=1S/C15H23FN2O/c1-4-17-7-8-18(10-11(17)2)15-6-5-13(12(3)19)9-14(15)16/h5-6,9,11-12,19H,4,7-8,10H2,1-3H3/t11?,12-/m0/s1. The number of hydrogen-bond acceptors (Lipinski definition) is 3. The number of nitrogens with zero attached hydrogens (tertiary/aromatic N) is 2. The molecule has 1 aromatic rings. The predicted molar refractivity (Wildman–Crippen MR) is 76.0 cm³/mol. The number of rotatable bonds is 3. The van der Waals surface area contributed by atoms with Crippen molar-refractivity contribution in [2.45, 2.75) is 32.9 Å². The first kappa shape index (κ1) is 14.3. The first-order chi connectivity index (χ1) is 9.02.